The van der Waals surface area contributed by atoms with Gasteiger partial charge < -0.3 is 10.4 Å². The number of rotatable bonds is 6. The van der Waals surface area contributed by atoms with Crippen molar-refractivity contribution in [3.05, 3.63) is 29.3 Å². The van der Waals surface area contributed by atoms with Gasteiger partial charge in [-0.3, -0.25) is 0 Å². The van der Waals surface area contributed by atoms with Crippen LogP contribution >= 0.6 is 0 Å². The van der Waals surface area contributed by atoms with E-state index >= 15 is 0 Å². The first-order valence-electron chi connectivity index (χ1n) is 5.88. The van der Waals surface area contributed by atoms with E-state index in [0.717, 1.165) is 6.54 Å². The minimum atomic E-state index is -3.83. The van der Waals surface area contributed by atoms with E-state index in [9.17, 15) is 13.2 Å². The molecule has 0 aliphatic carbocycles. The van der Waals surface area contributed by atoms with E-state index in [2.05, 4.69) is 5.32 Å². The number of aromatic carboxylic acids is 1. The van der Waals surface area contributed by atoms with E-state index in [1.165, 1.54) is 18.2 Å². The molecule has 0 spiro atoms. The number of carboxylic acids is 1. The van der Waals surface area contributed by atoms with Crippen molar-refractivity contribution in [3.63, 3.8) is 0 Å². The molecule has 19 heavy (non-hydrogen) atoms. The molecule has 0 aliphatic heterocycles. The monoisotopic (exact) mass is 286 g/mol. The van der Waals surface area contributed by atoms with Crippen LogP contribution < -0.4 is 10.5 Å². The molecule has 1 aromatic rings. The number of nitrogens with two attached hydrogens (primary N) is 1. The highest BCUT2D eigenvalue weighted by atomic mass is 32.2. The molecular weight excluding hydrogens is 268 g/mol. The van der Waals surface area contributed by atoms with Crippen LogP contribution in [0.5, 0.6) is 0 Å². The maximum absolute atomic E-state index is 11.3. The zero-order valence-corrected chi connectivity index (χ0v) is 11.7. The molecule has 1 aromatic carbocycles. The number of primary sulfonamides is 1. The topological polar surface area (TPSA) is 109 Å². The average molecular weight is 286 g/mol. The summed E-state index contributed by atoms with van der Waals surface area (Å²) in [6.07, 6.45) is 0.416. The number of nitrogens with one attached hydrogen (secondary N) is 1. The Morgan fingerprint density at radius 2 is 2.11 bits per heavy atom. The summed E-state index contributed by atoms with van der Waals surface area (Å²) in [6, 6.07) is 3.85. The maximum atomic E-state index is 11.3. The summed E-state index contributed by atoms with van der Waals surface area (Å²) in [7, 11) is -3.83. The van der Waals surface area contributed by atoms with Crippen LogP contribution in [0, 0.1) is 0 Å². The van der Waals surface area contributed by atoms with Gasteiger partial charge in [-0.2, -0.15) is 0 Å². The first-order chi connectivity index (χ1) is 8.75. The maximum Gasteiger partial charge on any atom is 0.335 e. The van der Waals surface area contributed by atoms with Crippen LogP contribution in [0.2, 0.25) is 0 Å². The molecule has 0 saturated carbocycles. The van der Waals surface area contributed by atoms with Gasteiger partial charge in [0.2, 0.25) is 10.0 Å². The Hall–Kier alpha value is -1.44. The highest BCUT2D eigenvalue weighted by Crippen LogP contribution is 2.17. The van der Waals surface area contributed by atoms with Gasteiger partial charge in [0.25, 0.3) is 0 Å². The Morgan fingerprint density at radius 3 is 2.58 bits per heavy atom. The summed E-state index contributed by atoms with van der Waals surface area (Å²) in [4.78, 5) is 11.0. The van der Waals surface area contributed by atoms with Crippen LogP contribution in [0.3, 0.4) is 0 Å². The van der Waals surface area contributed by atoms with Gasteiger partial charge in [-0.15, -0.1) is 0 Å². The van der Waals surface area contributed by atoms with Crippen molar-refractivity contribution < 1.29 is 18.3 Å². The summed E-state index contributed by atoms with van der Waals surface area (Å²) < 4.78 is 22.6. The van der Waals surface area contributed by atoms with E-state index in [1.54, 1.807) is 0 Å². The predicted molar refractivity (Wildman–Crippen MR) is 71.6 cm³/mol. The van der Waals surface area contributed by atoms with E-state index in [-0.39, 0.29) is 16.5 Å². The quantitative estimate of drug-likeness (QED) is 0.708. The van der Waals surface area contributed by atoms with Gasteiger partial charge in [0.05, 0.1) is 10.5 Å². The zero-order valence-electron chi connectivity index (χ0n) is 10.9. The molecule has 0 amide bonds. The molecule has 0 fully saturated rings. The number of carboxylic acid groups (broad SMARTS) is 1. The van der Waals surface area contributed by atoms with Crippen LogP contribution in [0.1, 0.15) is 29.8 Å². The van der Waals surface area contributed by atoms with Crippen molar-refractivity contribution >= 4 is 16.0 Å². The minimum Gasteiger partial charge on any atom is -0.478 e. The lowest BCUT2D eigenvalue weighted by Crippen LogP contribution is -2.28. The van der Waals surface area contributed by atoms with Gasteiger partial charge in [-0.25, -0.2) is 18.4 Å². The van der Waals surface area contributed by atoms with Gasteiger partial charge in [0.15, 0.2) is 0 Å². The van der Waals surface area contributed by atoms with Gasteiger partial charge >= 0.3 is 5.97 Å². The molecule has 0 saturated heterocycles. The molecule has 0 bridgehead atoms. The predicted octanol–water partition coefficient (Wildman–Crippen LogP) is 0.573. The van der Waals surface area contributed by atoms with Crippen molar-refractivity contribution in [3.8, 4) is 0 Å². The molecular formula is C12H18N2O4S. The van der Waals surface area contributed by atoms with Crippen LogP contribution in [0.4, 0.5) is 0 Å². The standard InChI is InChI=1S/C12H18N2O4S/c1-3-14-8(2)6-9-7-10(19(13,17)18)4-5-11(9)12(15)16/h4-5,7-8,14H,3,6H2,1-2H3,(H,15,16)(H2,13,17,18). The van der Waals surface area contributed by atoms with E-state index < -0.39 is 16.0 Å². The largest absolute Gasteiger partial charge is 0.478 e. The van der Waals surface area contributed by atoms with Gasteiger partial charge in [0.1, 0.15) is 0 Å². The van der Waals surface area contributed by atoms with Gasteiger partial charge in [-0.1, -0.05) is 6.92 Å². The number of benzene rings is 1. The van der Waals surface area contributed by atoms with Crippen molar-refractivity contribution in [1.29, 1.82) is 0 Å². The number of likely N-dealkylation sites (N-methyl/N-ethyl adjacent to an activating group) is 1. The fourth-order valence-electron chi connectivity index (χ4n) is 1.88. The van der Waals surface area contributed by atoms with Crippen LogP contribution in [-0.2, 0) is 16.4 Å². The van der Waals surface area contributed by atoms with Crippen molar-refractivity contribution in [1.82, 2.24) is 5.32 Å². The second-order valence-corrected chi connectivity index (χ2v) is 5.89. The lowest BCUT2D eigenvalue weighted by atomic mass is 10.0. The number of hydrogen-bond acceptors (Lipinski definition) is 4. The molecule has 0 heterocycles. The number of hydrogen-bond donors (Lipinski definition) is 3. The average Bonchev–Trinajstić information content (AvgIpc) is 2.27. The second kappa shape index (κ2) is 6.14. The molecule has 0 aromatic heterocycles. The fraction of sp³-hybridized carbons (Fsp3) is 0.417. The van der Waals surface area contributed by atoms with E-state index in [1.807, 2.05) is 13.8 Å². The van der Waals surface area contributed by atoms with Gasteiger partial charge in [0, 0.05) is 6.04 Å². The highest BCUT2D eigenvalue weighted by Gasteiger charge is 2.16. The Kier molecular flexibility index (Phi) is 5.04. The van der Waals surface area contributed by atoms with Crippen molar-refractivity contribution in [2.75, 3.05) is 6.54 Å². The number of sulfonamides is 1. The lowest BCUT2D eigenvalue weighted by Gasteiger charge is -2.14. The summed E-state index contributed by atoms with van der Waals surface area (Å²) in [5.41, 5.74) is 0.546. The third-order valence-corrected chi connectivity index (χ3v) is 3.63. The first kappa shape index (κ1) is 15.6. The normalized spacial score (nSPS) is 13.2. The van der Waals surface area contributed by atoms with Crippen LogP contribution in [0.25, 0.3) is 0 Å². The van der Waals surface area contributed by atoms with E-state index in [4.69, 9.17) is 10.2 Å². The molecule has 6 nitrogen and oxygen atoms in total. The van der Waals surface area contributed by atoms with Crippen molar-refractivity contribution in [2.45, 2.75) is 31.2 Å². The zero-order chi connectivity index (χ0) is 14.6. The summed E-state index contributed by atoms with van der Waals surface area (Å²) >= 11 is 0. The molecule has 1 unspecified atom stereocenters. The Labute approximate surface area is 112 Å². The fourth-order valence-corrected chi connectivity index (χ4v) is 2.44. The van der Waals surface area contributed by atoms with E-state index in [0.29, 0.717) is 12.0 Å². The molecule has 0 radical (unpaired) electrons. The Balaban J connectivity index is 3.20. The number of carbonyl (C=O) groups is 1. The first-order valence-corrected chi connectivity index (χ1v) is 7.42. The Bertz CT molecular complexity index is 569. The smallest absolute Gasteiger partial charge is 0.335 e. The third-order valence-electron chi connectivity index (χ3n) is 2.71. The summed E-state index contributed by atoms with van der Waals surface area (Å²) in [5, 5.41) is 17.3. The lowest BCUT2D eigenvalue weighted by molar-refractivity contribution is 0.0695. The van der Waals surface area contributed by atoms with Crippen LogP contribution in [-0.4, -0.2) is 32.1 Å². The third kappa shape index (κ3) is 4.30. The van der Waals surface area contributed by atoms with Crippen LogP contribution in [0.15, 0.2) is 23.1 Å². The molecule has 106 valence electrons. The molecule has 0 aliphatic rings. The van der Waals surface area contributed by atoms with Crippen molar-refractivity contribution in [2.24, 2.45) is 5.14 Å². The summed E-state index contributed by atoms with van der Waals surface area (Å²) in [6.45, 7) is 4.59. The minimum absolute atomic E-state index is 0.0406. The molecule has 1 atom stereocenters. The SMILES string of the molecule is CCNC(C)Cc1cc(S(N)(=O)=O)ccc1C(=O)O. The summed E-state index contributed by atoms with van der Waals surface area (Å²) in [5.74, 6) is -1.08. The molecule has 7 heteroatoms. The Morgan fingerprint density at radius 1 is 1.47 bits per heavy atom. The molecule has 4 N–H and O–H groups in total. The van der Waals surface area contributed by atoms with Gasteiger partial charge in [-0.05, 0) is 43.7 Å². The molecule has 1 rings (SSSR count). The highest BCUT2D eigenvalue weighted by molar-refractivity contribution is 7.89. The second-order valence-electron chi connectivity index (χ2n) is 4.33.